The van der Waals surface area contributed by atoms with Gasteiger partial charge < -0.3 is 29.9 Å². The van der Waals surface area contributed by atoms with Gasteiger partial charge in [-0.2, -0.15) is 0 Å². The summed E-state index contributed by atoms with van der Waals surface area (Å²) in [6.45, 7) is 3.16. The highest BCUT2D eigenvalue weighted by Gasteiger charge is 2.29. The van der Waals surface area contributed by atoms with Gasteiger partial charge in [0.2, 0.25) is 0 Å². The highest BCUT2D eigenvalue weighted by molar-refractivity contribution is 5.89. The predicted octanol–water partition coefficient (Wildman–Crippen LogP) is 2.80. The van der Waals surface area contributed by atoms with Crippen molar-refractivity contribution < 1.29 is 34.2 Å². The van der Waals surface area contributed by atoms with Gasteiger partial charge in [0.15, 0.2) is 11.5 Å². The number of carbonyl (C=O) groups is 2. The third kappa shape index (κ3) is 6.76. The standard InChI is InChI=1S/C22H25N3O4.C4H4O4/c26-25(27)19-5-4-15-12-18(13-16(15)14-19)23-17-6-8-24(9-7-17)20-2-1-3-21-22(20)29-11-10-28-21;5-3(6)1-2-4(7)8/h1-5,14,17-18,23H,6-13H2;1-2H,(H,5,6)(H,7,8)/b;2-1+. The molecule has 0 saturated carbocycles. The molecule has 11 nitrogen and oxygen atoms in total. The van der Waals surface area contributed by atoms with E-state index >= 15 is 0 Å². The number of nitro groups is 1. The average Bonchev–Trinajstić information content (AvgIpc) is 3.29. The molecule has 37 heavy (non-hydrogen) atoms. The van der Waals surface area contributed by atoms with Crippen LogP contribution in [0.2, 0.25) is 0 Å². The SMILES string of the molecule is O=C(O)/C=C/C(=O)O.O=[N+]([O-])c1ccc2c(c1)CC(NC1CCN(c3cccc4c3OCCO4)CC1)C2. The van der Waals surface area contributed by atoms with Crippen molar-refractivity contribution in [1.82, 2.24) is 5.32 Å². The predicted molar refractivity (Wildman–Crippen MR) is 135 cm³/mol. The van der Waals surface area contributed by atoms with E-state index in [4.69, 9.17) is 19.7 Å². The summed E-state index contributed by atoms with van der Waals surface area (Å²) in [5.41, 5.74) is 3.66. The van der Waals surface area contributed by atoms with E-state index in [1.165, 1.54) is 5.56 Å². The van der Waals surface area contributed by atoms with Gasteiger partial charge in [0.1, 0.15) is 13.2 Å². The summed E-state index contributed by atoms with van der Waals surface area (Å²) in [6.07, 6.45) is 5.07. The van der Waals surface area contributed by atoms with Crippen molar-refractivity contribution in [2.75, 3.05) is 31.2 Å². The number of nitrogens with one attached hydrogen (secondary N) is 1. The van der Waals surface area contributed by atoms with Gasteiger partial charge in [-0.25, -0.2) is 9.59 Å². The van der Waals surface area contributed by atoms with Gasteiger partial charge in [-0.05, 0) is 48.9 Å². The lowest BCUT2D eigenvalue weighted by atomic mass is 10.0. The number of piperidine rings is 1. The minimum absolute atomic E-state index is 0.190. The molecule has 1 aliphatic carbocycles. The number of nitro benzene ring substituents is 1. The zero-order valence-electron chi connectivity index (χ0n) is 20.2. The van der Waals surface area contributed by atoms with E-state index in [-0.39, 0.29) is 10.6 Å². The van der Waals surface area contributed by atoms with E-state index in [2.05, 4.69) is 16.3 Å². The Labute approximate surface area is 213 Å². The Morgan fingerprint density at radius 1 is 0.973 bits per heavy atom. The molecule has 1 unspecified atom stereocenters. The van der Waals surface area contributed by atoms with Crippen molar-refractivity contribution >= 4 is 23.3 Å². The van der Waals surface area contributed by atoms with Crippen LogP contribution in [0.4, 0.5) is 11.4 Å². The van der Waals surface area contributed by atoms with Crippen molar-refractivity contribution in [1.29, 1.82) is 0 Å². The summed E-state index contributed by atoms with van der Waals surface area (Å²) in [5, 5.41) is 30.4. The maximum Gasteiger partial charge on any atom is 0.328 e. The molecule has 11 heteroatoms. The largest absolute Gasteiger partial charge is 0.486 e. The zero-order valence-corrected chi connectivity index (χ0v) is 20.2. The molecule has 2 aromatic carbocycles. The molecule has 0 aromatic heterocycles. The Bertz CT molecular complexity index is 1170. The number of fused-ring (bicyclic) bond motifs is 2. The first-order valence-electron chi connectivity index (χ1n) is 12.1. The molecule has 2 aliphatic heterocycles. The van der Waals surface area contributed by atoms with Crippen LogP contribution in [0.15, 0.2) is 48.6 Å². The summed E-state index contributed by atoms with van der Waals surface area (Å²) in [4.78, 5) is 32.2. The highest BCUT2D eigenvalue weighted by Crippen LogP contribution is 2.40. The molecule has 1 saturated heterocycles. The average molecular weight is 512 g/mol. The number of rotatable bonds is 6. The van der Waals surface area contributed by atoms with Crippen LogP contribution in [0.1, 0.15) is 24.0 Å². The number of hydrogen-bond acceptors (Lipinski definition) is 8. The number of ether oxygens (including phenoxy) is 2. The maximum absolute atomic E-state index is 11.0. The molecule has 0 radical (unpaired) electrons. The zero-order chi connectivity index (χ0) is 26.4. The Hall–Kier alpha value is -4.12. The van der Waals surface area contributed by atoms with E-state index in [0.717, 1.165) is 61.5 Å². The fourth-order valence-electron chi connectivity index (χ4n) is 4.91. The van der Waals surface area contributed by atoms with Crippen molar-refractivity contribution in [3.8, 4) is 11.5 Å². The molecule has 5 rings (SSSR count). The van der Waals surface area contributed by atoms with Crippen LogP contribution in [0.3, 0.4) is 0 Å². The van der Waals surface area contributed by atoms with Gasteiger partial charge in [0, 0.05) is 49.5 Å². The van der Waals surface area contributed by atoms with E-state index in [1.54, 1.807) is 12.1 Å². The van der Waals surface area contributed by atoms with Crippen LogP contribution in [0.5, 0.6) is 11.5 Å². The Kier molecular flexibility index (Phi) is 8.24. The molecule has 3 aliphatic rings. The quantitative estimate of drug-likeness (QED) is 0.300. The van der Waals surface area contributed by atoms with Crippen molar-refractivity contribution in [2.45, 2.75) is 37.8 Å². The number of non-ortho nitro benzene ring substituents is 1. The first-order valence-corrected chi connectivity index (χ1v) is 12.1. The molecular formula is C26H29N3O8. The van der Waals surface area contributed by atoms with Gasteiger partial charge in [0.05, 0.1) is 10.6 Å². The molecule has 1 atom stereocenters. The molecule has 0 spiro atoms. The van der Waals surface area contributed by atoms with E-state index in [1.807, 2.05) is 18.2 Å². The fraction of sp³-hybridized carbons (Fsp3) is 0.385. The van der Waals surface area contributed by atoms with Crippen LogP contribution in [-0.2, 0) is 22.4 Å². The summed E-state index contributed by atoms with van der Waals surface area (Å²) in [7, 11) is 0. The molecule has 196 valence electrons. The molecule has 0 amide bonds. The van der Waals surface area contributed by atoms with Gasteiger partial charge in [-0.15, -0.1) is 0 Å². The summed E-state index contributed by atoms with van der Waals surface area (Å²) in [5.74, 6) is -0.801. The second-order valence-corrected chi connectivity index (χ2v) is 9.05. The number of carboxylic acid groups (broad SMARTS) is 2. The van der Waals surface area contributed by atoms with E-state index in [9.17, 15) is 19.7 Å². The van der Waals surface area contributed by atoms with Crippen LogP contribution >= 0.6 is 0 Å². The number of aliphatic carboxylic acids is 2. The minimum atomic E-state index is -1.26. The van der Waals surface area contributed by atoms with E-state index in [0.29, 0.717) is 37.4 Å². The van der Waals surface area contributed by atoms with Crippen molar-refractivity contribution in [3.63, 3.8) is 0 Å². The number of para-hydroxylation sites is 1. The Balaban J connectivity index is 0.000000349. The molecule has 3 N–H and O–H groups in total. The number of nitrogens with zero attached hydrogens (tertiary/aromatic N) is 2. The third-order valence-electron chi connectivity index (χ3n) is 6.55. The van der Waals surface area contributed by atoms with Crippen LogP contribution < -0.4 is 19.7 Å². The van der Waals surface area contributed by atoms with Gasteiger partial charge in [0.25, 0.3) is 5.69 Å². The van der Waals surface area contributed by atoms with Gasteiger partial charge in [-0.1, -0.05) is 12.1 Å². The fourth-order valence-corrected chi connectivity index (χ4v) is 4.91. The van der Waals surface area contributed by atoms with E-state index < -0.39 is 11.9 Å². The van der Waals surface area contributed by atoms with Crippen LogP contribution in [0.25, 0.3) is 0 Å². The second-order valence-electron chi connectivity index (χ2n) is 9.05. The number of hydrogen-bond donors (Lipinski definition) is 3. The van der Waals surface area contributed by atoms with Crippen LogP contribution in [0, 0.1) is 10.1 Å². The number of anilines is 1. The molecule has 1 fully saturated rings. The van der Waals surface area contributed by atoms with Crippen LogP contribution in [-0.4, -0.2) is 65.5 Å². The number of carboxylic acids is 2. The first-order chi connectivity index (χ1) is 17.8. The first kappa shape index (κ1) is 26.0. The Morgan fingerprint density at radius 2 is 1.65 bits per heavy atom. The topological polar surface area (TPSA) is 151 Å². The van der Waals surface area contributed by atoms with Crippen molar-refractivity contribution in [2.24, 2.45) is 0 Å². The second kappa shape index (κ2) is 11.7. The molecular weight excluding hydrogens is 482 g/mol. The van der Waals surface area contributed by atoms with Gasteiger partial charge in [-0.3, -0.25) is 10.1 Å². The van der Waals surface area contributed by atoms with Gasteiger partial charge >= 0.3 is 11.9 Å². The normalized spacial score (nSPS) is 18.6. The Morgan fingerprint density at radius 3 is 2.32 bits per heavy atom. The summed E-state index contributed by atoms with van der Waals surface area (Å²) >= 11 is 0. The smallest absolute Gasteiger partial charge is 0.328 e. The lowest BCUT2D eigenvalue weighted by Gasteiger charge is -2.36. The summed E-state index contributed by atoms with van der Waals surface area (Å²) in [6, 6.07) is 12.2. The van der Waals surface area contributed by atoms with Crippen molar-refractivity contribution in [3.05, 3.63) is 69.8 Å². The maximum atomic E-state index is 11.0. The lowest BCUT2D eigenvalue weighted by molar-refractivity contribution is -0.384. The monoisotopic (exact) mass is 511 g/mol. The lowest BCUT2D eigenvalue weighted by Crippen LogP contribution is -2.46. The molecule has 2 aromatic rings. The number of benzene rings is 2. The molecule has 0 bridgehead atoms. The third-order valence-corrected chi connectivity index (χ3v) is 6.55. The molecule has 2 heterocycles. The summed E-state index contributed by atoms with van der Waals surface area (Å²) < 4.78 is 11.6. The minimum Gasteiger partial charge on any atom is -0.486 e. The highest BCUT2D eigenvalue weighted by atomic mass is 16.6.